The number of carbonyl (C=O) groups is 2. The number of carboxylic acids is 1. The zero-order valence-corrected chi connectivity index (χ0v) is 12.0. The lowest BCUT2D eigenvalue weighted by Crippen LogP contribution is -2.30. The largest absolute Gasteiger partial charge is 0.478 e. The molecule has 0 aliphatic carbocycles. The van der Waals surface area contributed by atoms with Crippen LogP contribution in [0.25, 0.3) is 0 Å². The number of aromatic carboxylic acids is 1. The first kappa shape index (κ1) is 15.3. The monoisotopic (exact) mass is 266 g/mol. The van der Waals surface area contributed by atoms with E-state index in [1.165, 1.54) is 0 Å². The summed E-state index contributed by atoms with van der Waals surface area (Å²) < 4.78 is 1.83. The molecule has 0 aliphatic heterocycles. The molecule has 5 nitrogen and oxygen atoms in total. The summed E-state index contributed by atoms with van der Waals surface area (Å²) in [7, 11) is 0. The van der Waals surface area contributed by atoms with Crippen molar-refractivity contribution in [3.8, 4) is 0 Å². The van der Waals surface area contributed by atoms with Crippen LogP contribution in [-0.4, -0.2) is 28.1 Å². The molecule has 2 N–H and O–H groups in total. The van der Waals surface area contributed by atoms with Crippen LogP contribution in [0.2, 0.25) is 0 Å². The van der Waals surface area contributed by atoms with Gasteiger partial charge in [-0.1, -0.05) is 13.8 Å². The van der Waals surface area contributed by atoms with Crippen molar-refractivity contribution in [2.24, 2.45) is 5.92 Å². The van der Waals surface area contributed by atoms with E-state index >= 15 is 0 Å². The van der Waals surface area contributed by atoms with Crippen LogP contribution < -0.4 is 5.32 Å². The van der Waals surface area contributed by atoms with Crippen molar-refractivity contribution < 1.29 is 14.7 Å². The SMILES string of the molecule is CCn1cc(C)c(C(=O)O)c1CC(=O)NCC(C)C. The third-order valence-corrected chi connectivity index (χ3v) is 2.97. The van der Waals surface area contributed by atoms with Gasteiger partial charge in [0, 0.05) is 25.0 Å². The Hall–Kier alpha value is -1.78. The van der Waals surface area contributed by atoms with Crippen LogP contribution >= 0.6 is 0 Å². The smallest absolute Gasteiger partial charge is 0.337 e. The second kappa shape index (κ2) is 6.41. The Morgan fingerprint density at radius 3 is 2.53 bits per heavy atom. The highest BCUT2D eigenvalue weighted by molar-refractivity contribution is 5.93. The number of rotatable bonds is 6. The molecular formula is C14H22N2O3. The van der Waals surface area contributed by atoms with Crippen molar-refractivity contribution in [2.75, 3.05) is 6.54 Å². The van der Waals surface area contributed by atoms with Gasteiger partial charge >= 0.3 is 5.97 Å². The molecule has 0 saturated heterocycles. The van der Waals surface area contributed by atoms with Crippen molar-refractivity contribution in [1.82, 2.24) is 9.88 Å². The van der Waals surface area contributed by atoms with E-state index in [1.807, 2.05) is 25.3 Å². The van der Waals surface area contributed by atoms with Crippen LogP contribution in [0.5, 0.6) is 0 Å². The highest BCUT2D eigenvalue weighted by Gasteiger charge is 2.20. The van der Waals surface area contributed by atoms with E-state index in [1.54, 1.807) is 13.1 Å². The van der Waals surface area contributed by atoms with E-state index in [-0.39, 0.29) is 17.9 Å². The molecule has 0 fully saturated rings. The van der Waals surface area contributed by atoms with Crippen molar-refractivity contribution in [2.45, 2.75) is 40.7 Å². The minimum Gasteiger partial charge on any atom is -0.478 e. The van der Waals surface area contributed by atoms with Gasteiger partial charge in [0.2, 0.25) is 5.91 Å². The Labute approximate surface area is 113 Å². The normalized spacial score (nSPS) is 10.8. The lowest BCUT2D eigenvalue weighted by molar-refractivity contribution is -0.120. The van der Waals surface area contributed by atoms with E-state index in [0.29, 0.717) is 30.3 Å². The summed E-state index contributed by atoms with van der Waals surface area (Å²) in [5, 5.41) is 12.1. The number of hydrogen-bond donors (Lipinski definition) is 2. The Morgan fingerprint density at radius 2 is 2.05 bits per heavy atom. The minimum absolute atomic E-state index is 0.107. The van der Waals surface area contributed by atoms with E-state index in [9.17, 15) is 14.7 Å². The quantitative estimate of drug-likeness (QED) is 0.825. The van der Waals surface area contributed by atoms with Gasteiger partial charge in [-0.15, -0.1) is 0 Å². The molecule has 0 spiro atoms. The molecule has 1 rings (SSSR count). The summed E-state index contributed by atoms with van der Waals surface area (Å²) in [6.07, 6.45) is 1.89. The van der Waals surface area contributed by atoms with Gasteiger partial charge in [-0.3, -0.25) is 4.79 Å². The lowest BCUT2D eigenvalue weighted by atomic mass is 10.1. The molecule has 0 aliphatic rings. The van der Waals surface area contributed by atoms with Crippen molar-refractivity contribution >= 4 is 11.9 Å². The number of hydrogen-bond acceptors (Lipinski definition) is 2. The van der Waals surface area contributed by atoms with Gasteiger partial charge in [0.1, 0.15) is 0 Å². The van der Waals surface area contributed by atoms with Crippen LogP contribution in [0.1, 0.15) is 42.4 Å². The van der Waals surface area contributed by atoms with Gasteiger partial charge in [-0.05, 0) is 25.3 Å². The van der Waals surface area contributed by atoms with Crippen molar-refractivity contribution in [3.05, 3.63) is 23.0 Å². The summed E-state index contributed by atoms with van der Waals surface area (Å²) in [5.41, 5.74) is 1.52. The maximum Gasteiger partial charge on any atom is 0.337 e. The number of aromatic nitrogens is 1. The van der Waals surface area contributed by atoms with Crippen molar-refractivity contribution in [1.29, 1.82) is 0 Å². The molecule has 1 aromatic heterocycles. The fourth-order valence-electron chi connectivity index (χ4n) is 2.04. The number of carboxylic acid groups (broad SMARTS) is 1. The molecule has 0 bridgehead atoms. The van der Waals surface area contributed by atoms with Gasteiger partial charge in [0.25, 0.3) is 0 Å². The van der Waals surface area contributed by atoms with Gasteiger partial charge in [0.05, 0.1) is 12.0 Å². The third-order valence-electron chi connectivity index (χ3n) is 2.97. The molecular weight excluding hydrogens is 244 g/mol. The zero-order chi connectivity index (χ0) is 14.6. The maximum absolute atomic E-state index is 11.9. The predicted molar refractivity (Wildman–Crippen MR) is 73.4 cm³/mol. The van der Waals surface area contributed by atoms with Crippen molar-refractivity contribution in [3.63, 3.8) is 0 Å². The number of nitrogens with one attached hydrogen (secondary N) is 1. The molecule has 106 valence electrons. The molecule has 1 heterocycles. The molecule has 1 aromatic rings. The molecule has 1 amide bonds. The summed E-state index contributed by atoms with van der Waals surface area (Å²) in [5.74, 6) is -0.733. The Kier molecular flexibility index (Phi) is 5.15. The van der Waals surface area contributed by atoms with Crippen LogP contribution in [0.15, 0.2) is 6.20 Å². The summed E-state index contributed by atoms with van der Waals surface area (Å²) in [4.78, 5) is 23.1. The maximum atomic E-state index is 11.9. The van der Waals surface area contributed by atoms with Crippen LogP contribution in [-0.2, 0) is 17.8 Å². The highest BCUT2D eigenvalue weighted by atomic mass is 16.4. The number of nitrogens with zero attached hydrogens (tertiary/aromatic N) is 1. The molecule has 5 heteroatoms. The van der Waals surface area contributed by atoms with Gasteiger partial charge < -0.3 is 15.0 Å². The summed E-state index contributed by atoms with van der Waals surface area (Å²) in [6, 6.07) is 0. The fraction of sp³-hybridized carbons (Fsp3) is 0.571. The first-order valence-electron chi connectivity index (χ1n) is 6.55. The second-order valence-electron chi connectivity index (χ2n) is 5.10. The van der Waals surface area contributed by atoms with Crippen LogP contribution in [0, 0.1) is 12.8 Å². The zero-order valence-electron chi connectivity index (χ0n) is 12.0. The van der Waals surface area contributed by atoms with E-state index in [0.717, 1.165) is 0 Å². The fourth-order valence-corrected chi connectivity index (χ4v) is 2.04. The van der Waals surface area contributed by atoms with E-state index < -0.39 is 5.97 Å². The number of amides is 1. The Morgan fingerprint density at radius 1 is 1.42 bits per heavy atom. The molecule has 0 saturated carbocycles. The Balaban J connectivity index is 2.92. The van der Waals surface area contributed by atoms with E-state index in [2.05, 4.69) is 5.32 Å². The second-order valence-corrected chi connectivity index (χ2v) is 5.10. The third kappa shape index (κ3) is 3.84. The molecule has 0 unspecified atom stereocenters. The topological polar surface area (TPSA) is 71.3 Å². The molecule has 0 atom stereocenters. The highest BCUT2D eigenvalue weighted by Crippen LogP contribution is 2.18. The number of aryl methyl sites for hydroxylation is 2. The lowest BCUT2D eigenvalue weighted by Gasteiger charge is -2.10. The van der Waals surface area contributed by atoms with Crippen LogP contribution in [0.4, 0.5) is 0 Å². The average molecular weight is 266 g/mol. The first-order chi connectivity index (χ1) is 8.86. The average Bonchev–Trinajstić information content (AvgIpc) is 2.62. The van der Waals surface area contributed by atoms with E-state index in [4.69, 9.17) is 0 Å². The summed E-state index contributed by atoms with van der Waals surface area (Å²) in [6.45, 7) is 8.98. The molecule has 0 radical (unpaired) electrons. The Bertz CT molecular complexity index is 475. The van der Waals surface area contributed by atoms with Gasteiger partial charge in [-0.2, -0.15) is 0 Å². The first-order valence-corrected chi connectivity index (χ1v) is 6.55. The standard InChI is InChI=1S/C14H22N2O3/c1-5-16-8-10(4)13(14(18)19)11(16)6-12(17)15-7-9(2)3/h8-9H,5-7H2,1-4H3,(H,15,17)(H,18,19). The molecule has 0 aromatic carbocycles. The van der Waals surface area contributed by atoms with Crippen LogP contribution in [0.3, 0.4) is 0 Å². The molecule has 19 heavy (non-hydrogen) atoms. The number of carbonyl (C=O) groups excluding carboxylic acids is 1. The summed E-state index contributed by atoms with van der Waals surface area (Å²) >= 11 is 0. The minimum atomic E-state index is -0.976. The van der Waals surface area contributed by atoms with Gasteiger partial charge in [-0.25, -0.2) is 4.79 Å². The van der Waals surface area contributed by atoms with Gasteiger partial charge in [0.15, 0.2) is 0 Å². The predicted octanol–water partition coefficient (Wildman–Crippen LogP) is 1.83.